The smallest absolute Gasteiger partial charge is 0.407 e. The zero-order chi connectivity index (χ0) is 13.8. The minimum absolute atomic E-state index is 0.0683. The van der Waals surface area contributed by atoms with E-state index in [-0.39, 0.29) is 17.6 Å². The molecule has 1 unspecified atom stereocenters. The van der Waals surface area contributed by atoms with Crippen molar-refractivity contribution in [1.82, 2.24) is 15.2 Å². The van der Waals surface area contributed by atoms with Crippen molar-refractivity contribution in [2.45, 2.75) is 12.5 Å². The summed E-state index contributed by atoms with van der Waals surface area (Å²) in [5, 5.41) is 2.63. The number of amides is 2. The molecule has 0 saturated carbocycles. The van der Waals surface area contributed by atoms with E-state index in [2.05, 4.69) is 15.0 Å². The highest BCUT2D eigenvalue weighted by atomic mass is 19.1. The Morgan fingerprint density at radius 3 is 3.00 bits per heavy atom. The summed E-state index contributed by atoms with van der Waals surface area (Å²) in [6, 6.07) is 3.94. The van der Waals surface area contributed by atoms with Crippen LogP contribution in [-0.4, -0.2) is 48.1 Å². The van der Waals surface area contributed by atoms with Gasteiger partial charge >= 0.3 is 6.09 Å². The Morgan fingerprint density at radius 1 is 1.53 bits per heavy atom. The lowest BCUT2D eigenvalue weighted by Gasteiger charge is -2.16. The standard InChI is InChI=1S/C12H14FN3O3/c1-19-12(18)14-8-5-6-16(7-8)11(17)9-3-2-4-10(13)15-9/h2-4,8H,5-7H2,1H3,(H,14,18). The molecule has 0 spiro atoms. The van der Waals surface area contributed by atoms with Gasteiger partial charge in [-0.05, 0) is 18.6 Å². The summed E-state index contributed by atoms with van der Waals surface area (Å²) in [5.74, 6) is -1.03. The quantitative estimate of drug-likeness (QED) is 0.804. The number of carbonyl (C=O) groups excluding carboxylic acids is 2. The summed E-state index contributed by atoms with van der Waals surface area (Å²) in [7, 11) is 1.28. The third kappa shape index (κ3) is 3.18. The number of nitrogens with one attached hydrogen (secondary N) is 1. The van der Waals surface area contributed by atoms with Crippen LogP contribution in [0.2, 0.25) is 0 Å². The number of aromatic nitrogens is 1. The molecule has 0 bridgehead atoms. The number of carbonyl (C=O) groups is 2. The third-order valence-electron chi connectivity index (χ3n) is 2.92. The van der Waals surface area contributed by atoms with Crippen LogP contribution in [0.5, 0.6) is 0 Å². The van der Waals surface area contributed by atoms with Gasteiger partial charge in [0.1, 0.15) is 5.69 Å². The van der Waals surface area contributed by atoms with Gasteiger partial charge in [-0.25, -0.2) is 9.78 Å². The molecule has 1 fully saturated rings. The van der Waals surface area contributed by atoms with Crippen molar-refractivity contribution in [3.05, 3.63) is 29.8 Å². The lowest BCUT2D eigenvalue weighted by Crippen LogP contribution is -2.38. The molecule has 1 saturated heterocycles. The van der Waals surface area contributed by atoms with Crippen molar-refractivity contribution < 1.29 is 18.7 Å². The lowest BCUT2D eigenvalue weighted by molar-refractivity contribution is 0.0781. The van der Waals surface area contributed by atoms with Gasteiger partial charge in [0.05, 0.1) is 13.2 Å². The van der Waals surface area contributed by atoms with Crippen LogP contribution in [-0.2, 0) is 4.74 Å². The molecule has 1 aromatic rings. The molecule has 2 heterocycles. The minimum Gasteiger partial charge on any atom is -0.453 e. The first-order chi connectivity index (χ1) is 9.10. The van der Waals surface area contributed by atoms with Crippen LogP contribution < -0.4 is 5.32 Å². The number of alkyl carbamates (subject to hydrolysis) is 1. The molecule has 1 aliphatic heterocycles. The number of methoxy groups -OCH3 is 1. The second-order valence-electron chi connectivity index (χ2n) is 4.22. The second-order valence-corrected chi connectivity index (χ2v) is 4.22. The van der Waals surface area contributed by atoms with Gasteiger partial charge in [0.15, 0.2) is 0 Å². The van der Waals surface area contributed by atoms with E-state index in [9.17, 15) is 14.0 Å². The molecule has 19 heavy (non-hydrogen) atoms. The average Bonchev–Trinajstić information content (AvgIpc) is 2.86. The molecule has 0 radical (unpaired) electrons. The number of hydrogen-bond acceptors (Lipinski definition) is 4. The number of likely N-dealkylation sites (tertiary alicyclic amines) is 1. The Balaban J connectivity index is 1.97. The zero-order valence-corrected chi connectivity index (χ0v) is 10.4. The van der Waals surface area contributed by atoms with Crippen molar-refractivity contribution in [3.8, 4) is 0 Å². The fourth-order valence-corrected chi connectivity index (χ4v) is 1.98. The van der Waals surface area contributed by atoms with Gasteiger partial charge in [0.2, 0.25) is 5.95 Å². The summed E-state index contributed by atoms with van der Waals surface area (Å²) in [6.07, 6.45) is 0.110. The van der Waals surface area contributed by atoms with E-state index < -0.39 is 12.0 Å². The average molecular weight is 267 g/mol. The highest BCUT2D eigenvalue weighted by molar-refractivity contribution is 5.92. The lowest BCUT2D eigenvalue weighted by atomic mass is 10.3. The maximum Gasteiger partial charge on any atom is 0.407 e. The van der Waals surface area contributed by atoms with Crippen molar-refractivity contribution >= 4 is 12.0 Å². The Hall–Kier alpha value is -2.18. The van der Waals surface area contributed by atoms with Crippen LogP contribution in [0.3, 0.4) is 0 Å². The number of ether oxygens (including phenoxy) is 1. The molecule has 7 heteroatoms. The summed E-state index contributed by atoms with van der Waals surface area (Å²) in [4.78, 5) is 28.2. The highest BCUT2D eigenvalue weighted by Gasteiger charge is 2.28. The Kier molecular flexibility index (Phi) is 3.94. The van der Waals surface area contributed by atoms with Gasteiger partial charge in [0, 0.05) is 13.1 Å². The zero-order valence-electron chi connectivity index (χ0n) is 10.4. The minimum atomic E-state index is -0.686. The van der Waals surface area contributed by atoms with Crippen molar-refractivity contribution in [2.24, 2.45) is 0 Å². The number of hydrogen-bond donors (Lipinski definition) is 1. The van der Waals surface area contributed by atoms with Gasteiger partial charge < -0.3 is 15.0 Å². The topological polar surface area (TPSA) is 71.5 Å². The summed E-state index contributed by atoms with van der Waals surface area (Å²) < 4.78 is 17.4. The maximum atomic E-state index is 13.0. The van der Waals surface area contributed by atoms with E-state index in [1.807, 2.05) is 0 Å². The molecular weight excluding hydrogens is 253 g/mol. The first kappa shape index (κ1) is 13.3. The number of rotatable bonds is 2. The summed E-state index contributed by atoms with van der Waals surface area (Å²) in [6.45, 7) is 0.859. The molecule has 102 valence electrons. The number of pyridine rings is 1. The van der Waals surface area contributed by atoms with Gasteiger partial charge in [-0.1, -0.05) is 6.07 Å². The molecule has 0 aromatic carbocycles. The van der Waals surface area contributed by atoms with Crippen LogP contribution in [0.1, 0.15) is 16.9 Å². The largest absolute Gasteiger partial charge is 0.453 e. The van der Waals surface area contributed by atoms with Crippen LogP contribution in [0.25, 0.3) is 0 Å². The fraction of sp³-hybridized carbons (Fsp3) is 0.417. The van der Waals surface area contributed by atoms with Crippen molar-refractivity contribution in [3.63, 3.8) is 0 Å². The van der Waals surface area contributed by atoms with E-state index in [0.717, 1.165) is 0 Å². The maximum absolute atomic E-state index is 13.0. The summed E-state index contributed by atoms with van der Waals surface area (Å²) in [5.41, 5.74) is 0.0683. The second kappa shape index (κ2) is 5.64. The van der Waals surface area contributed by atoms with Crippen LogP contribution in [0.4, 0.5) is 9.18 Å². The molecule has 1 aliphatic rings. The normalized spacial score (nSPS) is 18.2. The third-order valence-corrected chi connectivity index (χ3v) is 2.92. The SMILES string of the molecule is COC(=O)NC1CCN(C(=O)c2cccc(F)n2)C1. The van der Waals surface area contributed by atoms with Crippen molar-refractivity contribution in [2.75, 3.05) is 20.2 Å². The Labute approximate surface area is 109 Å². The summed E-state index contributed by atoms with van der Waals surface area (Å²) >= 11 is 0. The van der Waals surface area contributed by atoms with Crippen LogP contribution in [0.15, 0.2) is 18.2 Å². The molecule has 6 nitrogen and oxygen atoms in total. The molecular formula is C12H14FN3O3. The molecule has 1 aromatic heterocycles. The molecule has 2 rings (SSSR count). The van der Waals surface area contributed by atoms with Crippen LogP contribution >= 0.6 is 0 Å². The molecule has 1 atom stereocenters. The van der Waals surface area contributed by atoms with E-state index >= 15 is 0 Å². The predicted octanol–water partition coefficient (Wildman–Crippen LogP) is 0.791. The Bertz CT molecular complexity index is 495. The van der Waals surface area contributed by atoms with Gasteiger partial charge in [-0.3, -0.25) is 4.79 Å². The van der Waals surface area contributed by atoms with E-state index in [4.69, 9.17) is 0 Å². The number of nitrogens with zero attached hydrogens (tertiary/aromatic N) is 2. The van der Waals surface area contributed by atoms with Crippen molar-refractivity contribution in [1.29, 1.82) is 0 Å². The first-order valence-electron chi connectivity index (χ1n) is 5.86. The van der Waals surface area contributed by atoms with E-state index in [1.54, 1.807) is 0 Å². The molecule has 2 amide bonds. The Morgan fingerprint density at radius 2 is 2.32 bits per heavy atom. The van der Waals surface area contributed by atoms with Gasteiger partial charge in [-0.15, -0.1) is 0 Å². The van der Waals surface area contributed by atoms with E-state index in [0.29, 0.717) is 19.5 Å². The monoisotopic (exact) mass is 267 g/mol. The van der Waals surface area contributed by atoms with Gasteiger partial charge in [-0.2, -0.15) is 4.39 Å². The number of halogens is 1. The van der Waals surface area contributed by atoms with Gasteiger partial charge in [0.25, 0.3) is 5.91 Å². The van der Waals surface area contributed by atoms with E-state index in [1.165, 1.54) is 30.2 Å². The molecule has 0 aliphatic carbocycles. The highest BCUT2D eigenvalue weighted by Crippen LogP contribution is 2.13. The fourth-order valence-electron chi connectivity index (χ4n) is 1.98. The first-order valence-corrected chi connectivity index (χ1v) is 5.86. The molecule has 1 N–H and O–H groups in total. The van der Waals surface area contributed by atoms with Crippen LogP contribution in [0, 0.1) is 5.95 Å². The predicted molar refractivity (Wildman–Crippen MR) is 64.0 cm³/mol.